The SMILES string of the molecule is CN=C(NCc1sccc1C)NCc1c(C)nn(-c2ccccc2)c1C.I. The molecule has 0 spiro atoms. The number of rotatable bonds is 5. The van der Waals surface area contributed by atoms with E-state index in [1.807, 2.05) is 22.9 Å². The van der Waals surface area contributed by atoms with Crippen molar-refractivity contribution in [2.75, 3.05) is 7.05 Å². The summed E-state index contributed by atoms with van der Waals surface area (Å²) < 4.78 is 2.00. The Morgan fingerprint density at radius 3 is 2.41 bits per heavy atom. The van der Waals surface area contributed by atoms with E-state index in [2.05, 4.69) is 60.0 Å². The van der Waals surface area contributed by atoms with E-state index >= 15 is 0 Å². The van der Waals surface area contributed by atoms with E-state index in [9.17, 15) is 0 Å². The highest BCUT2D eigenvalue weighted by atomic mass is 127. The predicted octanol–water partition coefficient (Wildman–Crippen LogP) is 4.34. The third kappa shape index (κ3) is 5.10. The number of nitrogens with one attached hydrogen (secondary N) is 2. The van der Waals surface area contributed by atoms with Crippen molar-refractivity contribution in [1.82, 2.24) is 20.4 Å². The van der Waals surface area contributed by atoms with Crippen LogP contribution >= 0.6 is 35.3 Å². The van der Waals surface area contributed by atoms with Crippen LogP contribution in [-0.2, 0) is 13.1 Å². The van der Waals surface area contributed by atoms with E-state index in [4.69, 9.17) is 5.10 Å². The van der Waals surface area contributed by atoms with Gasteiger partial charge in [0.1, 0.15) is 0 Å². The molecule has 2 heterocycles. The lowest BCUT2D eigenvalue weighted by Crippen LogP contribution is -2.36. The number of aromatic nitrogens is 2. The molecule has 0 saturated heterocycles. The van der Waals surface area contributed by atoms with E-state index in [1.165, 1.54) is 16.0 Å². The van der Waals surface area contributed by atoms with Crippen molar-refractivity contribution < 1.29 is 0 Å². The van der Waals surface area contributed by atoms with Gasteiger partial charge in [-0.1, -0.05) is 18.2 Å². The number of hydrogen-bond donors (Lipinski definition) is 2. The number of aliphatic imine (C=N–C) groups is 1. The fourth-order valence-electron chi connectivity index (χ4n) is 2.89. The fraction of sp³-hybridized carbons (Fsp3) is 0.300. The van der Waals surface area contributed by atoms with Crippen molar-refractivity contribution in [1.29, 1.82) is 0 Å². The standard InChI is InChI=1S/C20H25N5S.HI/c1-14-10-11-26-19(14)13-23-20(21-4)22-12-18-15(2)24-25(16(18)3)17-8-6-5-7-9-17;/h5-11H,12-13H2,1-4H3,(H2,21,22,23);1H. The summed E-state index contributed by atoms with van der Waals surface area (Å²) in [6.45, 7) is 7.76. The molecule has 2 N–H and O–H groups in total. The number of thiophene rings is 1. The minimum Gasteiger partial charge on any atom is -0.352 e. The molecule has 3 rings (SSSR count). The summed E-state index contributed by atoms with van der Waals surface area (Å²) in [5, 5.41) is 13.6. The Bertz CT molecular complexity index is 898. The number of guanidine groups is 1. The lowest BCUT2D eigenvalue weighted by Gasteiger charge is -2.12. The average molecular weight is 495 g/mol. The number of nitrogens with zero attached hydrogens (tertiary/aromatic N) is 3. The quantitative estimate of drug-likeness (QED) is 0.315. The molecular formula is C20H26IN5S. The van der Waals surface area contributed by atoms with Gasteiger partial charge in [0.15, 0.2) is 5.96 Å². The van der Waals surface area contributed by atoms with Crippen molar-refractivity contribution in [3.05, 3.63) is 69.2 Å². The molecule has 1 aromatic carbocycles. The van der Waals surface area contributed by atoms with Crippen molar-refractivity contribution >= 4 is 41.3 Å². The number of halogens is 1. The predicted molar refractivity (Wildman–Crippen MR) is 125 cm³/mol. The first-order valence-corrected chi connectivity index (χ1v) is 9.56. The largest absolute Gasteiger partial charge is 0.352 e. The molecule has 5 nitrogen and oxygen atoms in total. The Hall–Kier alpha value is -1.87. The van der Waals surface area contributed by atoms with Gasteiger partial charge in [-0.25, -0.2) is 4.68 Å². The summed E-state index contributed by atoms with van der Waals surface area (Å²) in [7, 11) is 1.80. The lowest BCUT2D eigenvalue weighted by molar-refractivity contribution is 0.803. The second kappa shape index (κ2) is 9.89. The number of aryl methyl sites for hydroxylation is 2. The van der Waals surface area contributed by atoms with E-state index in [-0.39, 0.29) is 24.0 Å². The van der Waals surface area contributed by atoms with Crippen molar-refractivity contribution in [2.45, 2.75) is 33.9 Å². The summed E-state index contributed by atoms with van der Waals surface area (Å²) >= 11 is 1.76. The van der Waals surface area contributed by atoms with Gasteiger partial charge in [0.05, 0.1) is 17.9 Å². The van der Waals surface area contributed by atoms with Crippen LogP contribution in [0.15, 0.2) is 46.8 Å². The normalized spacial score (nSPS) is 11.2. The van der Waals surface area contributed by atoms with Gasteiger partial charge in [-0.2, -0.15) is 5.10 Å². The van der Waals surface area contributed by atoms with Gasteiger partial charge < -0.3 is 10.6 Å². The third-order valence-electron chi connectivity index (χ3n) is 4.48. The zero-order valence-electron chi connectivity index (χ0n) is 16.1. The Balaban J connectivity index is 0.00000261. The summed E-state index contributed by atoms with van der Waals surface area (Å²) in [5.41, 5.74) is 5.77. The summed E-state index contributed by atoms with van der Waals surface area (Å²) in [6, 6.07) is 12.4. The first-order valence-electron chi connectivity index (χ1n) is 8.68. The summed E-state index contributed by atoms with van der Waals surface area (Å²) in [6.07, 6.45) is 0. The van der Waals surface area contributed by atoms with Gasteiger partial charge in [0, 0.05) is 29.7 Å². The maximum absolute atomic E-state index is 4.70. The lowest BCUT2D eigenvalue weighted by atomic mass is 10.2. The maximum atomic E-state index is 4.70. The second-order valence-electron chi connectivity index (χ2n) is 6.20. The smallest absolute Gasteiger partial charge is 0.191 e. The van der Waals surface area contributed by atoms with Crippen LogP contribution in [0, 0.1) is 20.8 Å². The monoisotopic (exact) mass is 495 g/mol. The molecular weight excluding hydrogens is 469 g/mol. The Morgan fingerprint density at radius 2 is 1.78 bits per heavy atom. The third-order valence-corrected chi connectivity index (χ3v) is 5.51. The van der Waals surface area contributed by atoms with Crippen LogP contribution in [0.1, 0.15) is 27.4 Å². The van der Waals surface area contributed by atoms with E-state index in [0.29, 0.717) is 6.54 Å². The molecule has 27 heavy (non-hydrogen) atoms. The minimum absolute atomic E-state index is 0. The molecule has 3 aromatic rings. The molecule has 2 aromatic heterocycles. The Kier molecular flexibility index (Phi) is 7.85. The van der Waals surface area contributed by atoms with Crippen molar-refractivity contribution in [3.8, 4) is 5.69 Å². The second-order valence-corrected chi connectivity index (χ2v) is 7.20. The van der Waals surface area contributed by atoms with Crippen LogP contribution in [0.4, 0.5) is 0 Å². The van der Waals surface area contributed by atoms with Crippen molar-refractivity contribution in [3.63, 3.8) is 0 Å². The van der Waals surface area contributed by atoms with E-state index in [1.54, 1.807) is 18.4 Å². The van der Waals surface area contributed by atoms with E-state index in [0.717, 1.165) is 29.6 Å². The molecule has 0 aliphatic carbocycles. The van der Waals surface area contributed by atoms with Crippen LogP contribution in [0.2, 0.25) is 0 Å². The molecule has 7 heteroatoms. The maximum Gasteiger partial charge on any atom is 0.191 e. The molecule has 0 aliphatic heterocycles. The fourth-order valence-corrected chi connectivity index (χ4v) is 3.74. The molecule has 0 saturated carbocycles. The van der Waals surface area contributed by atoms with Gasteiger partial charge >= 0.3 is 0 Å². The highest BCUT2D eigenvalue weighted by molar-refractivity contribution is 14.0. The van der Waals surface area contributed by atoms with Gasteiger partial charge in [0.25, 0.3) is 0 Å². The van der Waals surface area contributed by atoms with Crippen LogP contribution in [-0.4, -0.2) is 22.8 Å². The van der Waals surface area contributed by atoms with Gasteiger partial charge in [-0.15, -0.1) is 35.3 Å². The molecule has 0 amide bonds. The van der Waals surface area contributed by atoms with Gasteiger partial charge in [-0.3, -0.25) is 4.99 Å². The number of hydrogen-bond acceptors (Lipinski definition) is 3. The molecule has 0 radical (unpaired) electrons. The first-order chi connectivity index (χ1) is 12.6. The molecule has 0 fully saturated rings. The molecule has 0 aliphatic rings. The zero-order valence-corrected chi connectivity index (χ0v) is 19.3. The Labute approximate surface area is 181 Å². The van der Waals surface area contributed by atoms with E-state index < -0.39 is 0 Å². The Morgan fingerprint density at radius 1 is 1.07 bits per heavy atom. The number of para-hydroxylation sites is 1. The molecule has 144 valence electrons. The molecule has 0 bridgehead atoms. The van der Waals surface area contributed by atoms with Gasteiger partial charge in [-0.05, 0) is 49.9 Å². The summed E-state index contributed by atoms with van der Waals surface area (Å²) in [5.74, 6) is 0.795. The molecule has 0 unspecified atom stereocenters. The molecule has 0 atom stereocenters. The van der Waals surface area contributed by atoms with Crippen LogP contribution in [0.5, 0.6) is 0 Å². The highest BCUT2D eigenvalue weighted by Gasteiger charge is 2.13. The topological polar surface area (TPSA) is 54.2 Å². The highest BCUT2D eigenvalue weighted by Crippen LogP contribution is 2.18. The van der Waals surface area contributed by atoms with Crippen molar-refractivity contribution in [2.24, 2.45) is 4.99 Å². The van der Waals surface area contributed by atoms with Crippen LogP contribution < -0.4 is 10.6 Å². The number of benzene rings is 1. The summed E-state index contributed by atoms with van der Waals surface area (Å²) in [4.78, 5) is 5.66. The van der Waals surface area contributed by atoms with Gasteiger partial charge in [0.2, 0.25) is 0 Å². The van der Waals surface area contributed by atoms with Crippen LogP contribution in [0.25, 0.3) is 5.69 Å². The minimum atomic E-state index is 0. The average Bonchev–Trinajstić information content (AvgIpc) is 3.19. The zero-order chi connectivity index (χ0) is 18.5. The first kappa shape index (κ1) is 21.4. The van der Waals surface area contributed by atoms with Crippen LogP contribution in [0.3, 0.4) is 0 Å².